The molecule has 3 aliphatic heterocycles. The van der Waals surface area contributed by atoms with Gasteiger partial charge in [-0.15, -0.1) is 0 Å². The second-order valence-corrected chi connectivity index (χ2v) is 5.99. The van der Waals surface area contributed by atoms with Crippen molar-refractivity contribution in [3.05, 3.63) is 12.2 Å². The molecule has 0 radical (unpaired) electrons. The number of carbonyl (C=O) groups excluding carboxylic acids is 1. The Balaban J connectivity index is 1.40. The molecule has 2 N–H and O–H groups in total. The van der Waals surface area contributed by atoms with Crippen LogP contribution in [0.25, 0.3) is 0 Å². The SMILES string of the molecule is O=C(NCCC1CCCCO1)C1CC2C=CC1NC2. The summed E-state index contributed by atoms with van der Waals surface area (Å²) in [6.07, 6.45) is 10.3. The third-order valence-corrected chi connectivity index (χ3v) is 4.57. The lowest BCUT2D eigenvalue weighted by Gasteiger charge is -2.38. The largest absolute Gasteiger partial charge is 0.378 e. The molecular formula is C15H24N2O2. The molecule has 0 aromatic carbocycles. The summed E-state index contributed by atoms with van der Waals surface area (Å²) >= 11 is 0. The second kappa shape index (κ2) is 6.06. The zero-order chi connectivity index (χ0) is 13.1. The van der Waals surface area contributed by atoms with Crippen LogP contribution in [0.4, 0.5) is 0 Å². The highest BCUT2D eigenvalue weighted by Crippen LogP contribution is 2.28. The number of hydrogen-bond donors (Lipinski definition) is 2. The van der Waals surface area contributed by atoms with Gasteiger partial charge in [0.15, 0.2) is 0 Å². The molecule has 4 atom stereocenters. The van der Waals surface area contributed by atoms with E-state index in [0.717, 1.165) is 39.0 Å². The molecule has 4 unspecified atom stereocenters. The maximum atomic E-state index is 12.2. The number of carbonyl (C=O) groups is 1. The number of nitrogens with one attached hydrogen (secondary N) is 2. The van der Waals surface area contributed by atoms with Gasteiger partial charge in [0, 0.05) is 25.7 Å². The van der Waals surface area contributed by atoms with Crippen LogP contribution in [0.3, 0.4) is 0 Å². The first-order chi connectivity index (χ1) is 9.33. The molecule has 4 rings (SSSR count). The van der Waals surface area contributed by atoms with E-state index in [1.165, 1.54) is 12.8 Å². The molecule has 2 bridgehead atoms. The molecule has 4 heteroatoms. The Morgan fingerprint density at radius 2 is 2.32 bits per heavy atom. The summed E-state index contributed by atoms with van der Waals surface area (Å²) in [7, 11) is 0. The number of amides is 1. The van der Waals surface area contributed by atoms with Gasteiger partial charge in [0.05, 0.1) is 12.0 Å². The average Bonchev–Trinajstić information content (AvgIpc) is 2.49. The molecule has 0 spiro atoms. The van der Waals surface area contributed by atoms with E-state index in [4.69, 9.17) is 4.74 Å². The minimum Gasteiger partial charge on any atom is -0.378 e. The summed E-state index contributed by atoms with van der Waals surface area (Å²) in [5.74, 6) is 0.876. The quantitative estimate of drug-likeness (QED) is 0.751. The van der Waals surface area contributed by atoms with Crippen molar-refractivity contribution in [1.29, 1.82) is 0 Å². The summed E-state index contributed by atoms with van der Waals surface area (Å²) in [5.41, 5.74) is 0. The molecule has 0 aromatic heterocycles. The minimum absolute atomic E-state index is 0.121. The molecule has 2 fully saturated rings. The van der Waals surface area contributed by atoms with E-state index in [9.17, 15) is 4.79 Å². The summed E-state index contributed by atoms with van der Waals surface area (Å²) in [6.45, 7) is 2.67. The molecule has 4 aliphatic rings. The Hall–Kier alpha value is -0.870. The lowest BCUT2D eigenvalue weighted by molar-refractivity contribution is -0.127. The number of piperidine rings is 1. The molecule has 4 nitrogen and oxygen atoms in total. The van der Waals surface area contributed by atoms with Gasteiger partial charge in [-0.3, -0.25) is 4.79 Å². The van der Waals surface area contributed by atoms with Crippen LogP contribution in [0.1, 0.15) is 32.1 Å². The lowest BCUT2D eigenvalue weighted by Crippen LogP contribution is -2.52. The highest BCUT2D eigenvalue weighted by molar-refractivity contribution is 5.80. The van der Waals surface area contributed by atoms with Gasteiger partial charge in [-0.1, -0.05) is 12.2 Å². The van der Waals surface area contributed by atoms with E-state index in [1.807, 2.05) is 0 Å². The smallest absolute Gasteiger partial charge is 0.225 e. The van der Waals surface area contributed by atoms with E-state index in [0.29, 0.717) is 12.0 Å². The Labute approximate surface area is 115 Å². The highest BCUT2D eigenvalue weighted by Gasteiger charge is 2.35. The molecule has 0 saturated carbocycles. The third-order valence-electron chi connectivity index (χ3n) is 4.57. The minimum atomic E-state index is 0.121. The highest BCUT2D eigenvalue weighted by atomic mass is 16.5. The molecular weight excluding hydrogens is 240 g/mol. The van der Waals surface area contributed by atoms with Gasteiger partial charge < -0.3 is 15.4 Å². The summed E-state index contributed by atoms with van der Waals surface area (Å²) in [5, 5.41) is 6.51. The van der Waals surface area contributed by atoms with Gasteiger partial charge >= 0.3 is 0 Å². The van der Waals surface area contributed by atoms with E-state index >= 15 is 0 Å². The zero-order valence-electron chi connectivity index (χ0n) is 11.4. The first-order valence-corrected chi connectivity index (χ1v) is 7.64. The van der Waals surface area contributed by atoms with Crippen LogP contribution in [0.5, 0.6) is 0 Å². The molecule has 1 aliphatic carbocycles. The van der Waals surface area contributed by atoms with Gasteiger partial charge in [0.2, 0.25) is 5.91 Å². The fraction of sp³-hybridized carbons (Fsp3) is 0.800. The molecule has 3 heterocycles. The van der Waals surface area contributed by atoms with E-state index in [-0.39, 0.29) is 17.9 Å². The van der Waals surface area contributed by atoms with Crippen LogP contribution < -0.4 is 10.6 Å². The van der Waals surface area contributed by atoms with Crippen molar-refractivity contribution in [2.45, 2.75) is 44.2 Å². The second-order valence-electron chi connectivity index (χ2n) is 5.99. The molecule has 0 aromatic rings. The molecule has 106 valence electrons. The van der Waals surface area contributed by atoms with E-state index in [2.05, 4.69) is 22.8 Å². The van der Waals surface area contributed by atoms with Gasteiger partial charge in [-0.25, -0.2) is 0 Å². The van der Waals surface area contributed by atoms with Crippen molar-refractivity contribution in [3.8, 4) is 0 Å². The van der Waals surface area contributed by atoms with Crippen molar-refractivity contribution < 1.29 is 9.53 Å². The van der Waals surface area contributed by atoms with Crippen molar-refractivity contribution in [2.24, 2.45) is 11.8 Å². The zero-order valence-corrected chi connectivity index (χ0v) is 11.4. The van der Waals surface area contributed by atoms with Crippen LogP contribution >= 0.6 is 0 Å². The fourth-order valence-electron chi connectivity index (χ4n) is 3.40. The Morgan fingerprint density at radius 3 is 2.95 bits per heavy atom. The number of rotatable bonds is 4. The lowest BCUT2D eigenvalue weighted by atomic mass is 9.78. The van der Waals surface area contributed by atoms with Gasteiger partial charge in [-0.05, 0) is 38.0 Å². The Bertz CT molecular complexity index is 350. The van der Waals surface area contributed by atoms with Gasteiger partial charge in [0.1, 0.15) is 0 Å². The summed E-state index contributed by atoms with van der Waals surface area (Å²) < 4.78 is 5.68. The van der Waals surface area contributed by atoms with Crippen molar-refractivity contribution in [3.63, 3.8) is 0 Å². The summed E-state index contributed by atoms with van der Waals surface area (Å²) in [6, 6.07) is 0.246. The maximum absolute atomic E-state index is 12.2. The van der Waals surface area contributed by atoms with Crippen molar-refractivity contribution in [2.75, 3.05) is 19.7 Å². The molecule has 19 heavy (non-hydrogen) atoms. The predicted molar refractivity (Wildman–Crippen MR) is 73.7 cm³/mol. The first kappa shape index (κ1) is 13.1. The van der Waals surface area contributed by atoms with Crippen LogP contribution in [0.2, 0.25) is 0 Å². The molecule has 2 saturated heterocycles. The number of fused-ring (bicyclic) bond motifs is 2. The van der Waals surface area contributed by atoms with Crippen molar-refractivity contribution in [1.82, 2.24) is 10.6 Å². The normalized spacial score (nSPS) is 37.3. The maximum Gasteiger partial charge on any atom is 0.225 e. The van der Waals surface area contributed by atoms with Crippen LogP contribution in [-0.2, 0) is 9.53 Å². The van der Waals surface area contributed by atoms with Gasteiger partial charge in [-0.2, -0.15) is 0 Å². The average molecular weight is 264 g/mol. The van der Waals surface area contributed by atoms with Crippen LogP contribution in [0, 0.1) is 11.8 Å². The third kappa shape index (κ3) is 3.18. The Morgan fingerprint density at radius 1 is 1.37 bits per heavy atom. The standard InChI is InChI=1S/C15H24N2O2/c18-15(13-9-11-4-5-14(13)17-10-11)16-7-6-12-3-1-2-8-19-12/h4-5,11-14,17H,1-3,6-10H2,(H,16,18). The summed E-state index contributed by atoms with van der Waals surface area (Å²) in [4.78, 5) is 12.2. The Kier molecular flexibility index (Phi) is 4.18. The van der Waals surface area contributed by atoms with E-state index < -0.39 is 0 Å². The monoisotopic (exact) mass is 264 g/mol. The topological polar surface area (TPSA) is 50.4 Å². The predicted octanol–water partition coefficient (Wildman–Crippen LogP) is 1.23. The van der Waals surface area contributed by atoms with Crippen molar-refractivity contribution >= 4 is 5.91 Å². The van der Waals surface area contributed by atoms with E-state index in [1.54, 1.807) is 0 Å². The molecule has 1 amide bonds. The van der Waals surface area contributed by atoms with Gasteiger partial charge in [0.25, 0.3) is 0 Å². The van der Waals surface area contributed by atoms with Crippen LogP contribution in [0.15, 0.2) is 12.2 Å². The fourth-order valence-corrected chi connectivity index (χ4v) is 3.40. The van der Waals surface area contributed by atoms with Crippen LogP contribution in [-0.4, -0.2) is 37.7 Å². The number of ether oxygens (including phenoxy) is 1. The first-order valence-electron chi connectivity index (χ1n) is 7.64. The number of hydrogen-bond acceptors (Lipinski definition) is 3.